The van der Waals surface area contributed by atoms with Gasteiger partial charge in [0.2, 0.25) is 0 Å². The molecule has 1 aliphatic heterocycles. The largest absolute Gasteiger partial charge is 0.381 e. The maximum Gasteiger partial charge on any atom is 0.287 e. The van der Waals surface area contributed by atoms with Crippen LogP contribution in [-0.4, -0.2) is 40.9 Å². The van der Waals surface area contributed by atoms with E-state index in [2.05, 4.69) is 15.3 Å². The van der Waals surface area contributed by atoms with Gasteiger partial charge in [-0.15, -0.1) is 0 Å². The van der Waals surface area contributed by atoms with Gasteiger partial charge in [-0.2, -0.15) is 5.10 Å². The lowest BCUT2D eigenvalue weighted by molar-refractivity contribution is 0.352. The normalized spacial score (nSPS) is 15.9. The average molecular weight is 285 g/mol. The second kappa shape index (κ2) is 6.91. The number of rotatable bonds is 6. The number of hydrogen-bond acceptors (Lipinski definition) is 4. The number of likely N-dealkylation sites (tertiary alicyclic amines) is 1. The Labute approximate surface area is 118 Å². The van der Waals surface area contributed by atoms with E-state index in [4.69, 9.17) is 11.6 Å². The molecule has 1 saturated heterocycles. The van der Waals surface area contributed by atoms with Crippen molar-refractivity contribution >= 4 is 17.3 Å². The van der Waals surface area contributed by atoms with Crippen LogP contribution >= 0.6 is 11.6 Å². The molecule has 0 aromatic carbocycles. The predicted octanol–water partition coefficient (Wildman–Crippen LogP) is 1.81. The molecule has 0 radical (unpaired) electrons. The Morgan fingerprint density at radius 1 is 1.37 bits per heavy atom. The van der Waals surface area contributed by atoms with Gasteiger partial charge in [0.15, 0.2) is 0 Å². The summed E-state index contributed by atoms with van der Waals surface area (Å²) < 4.78 is 1.41. The predicted molar refractivity (Wildman–Crippen MR) is 78.0 cm³/mol. The van der Waals surface area contributed by atoms with Crippen molar-refractivity contribution in [3.05, 3.63) is 21.6 Å². The fraction of sp³-hybridized carbons (Fsp3) is 0.692. The molecule has 1 aliphatic rings. The van der Waals surface area contributed by atoms with Gasteiger partial charge in [0.1, 0.15) is 5.02 Å². The third-order valence-electron chi connectivity index (χ3n) is 3.36. The molecule has 1 aromatic heterocycles. The summed E-state index contributed by atoms with van der Waals surface area (Å²) >= 11 is 6.08. The van der Waals surface area contributed by atoms with Crippen molar-refractivity contribution < 1.29 is 0 Å². The van der Waals surface area contributed by atoms with Crippen molar-refractivity contribution in [2.75, 3.05) is 31.5 Å². The van der Waals surface area contributed by atoms with Gasteiger partial charge in [0.05, 0.1) is 11.9 Å². The lowest BCUT2D eigenvalue weighted by Crippen LogP contribution is -2.28. The molecule has 0 saturated carbocycles. The number of halogens is 1. The summed E-state index contributed by atoms with van der Waals surface area (Å²) in [6, 6.07) is 0. The third kappa shape index (κ3) is 3.70. The monoisotopic (exact) mass is 284 g/mol. The van der Waals surface area contributed by atoms with Crippen LogP contribution in [0.2, 0.25) is 5.02 Å². The molecule has 19 heavy (non-hydrogen) atoms. The molecule has 0 spiro atoms. The number of nitrogens with zero attached hydrogens (tertiary/aromatic N) is 3. The molecule has 0 atom stereocenters. The summed E-state index contributed by atoms with van der Waals surface area (Å²) in [6.45, 7) is 6.72. The Morgan fingerprint density at radius 3 is 2.79 bits per heavy atom. The van der Waals surface area contributed by atoms with Crippen molar-refractivity contribution in [2.45, 2.75) is 32.7 Å². The van der Waals surface area contributed by atoms with Gasteiger partial charge >= 0.3 is 0 Å². The lowest BCUT2D eigenvalue weighted by Gasteiger charge is -2.15. The SMILES string of the molecule is CCCn1ncc(NCCN2CCCC2)c(Cl)c1=O. The Balaban J connectivity index is 1.92. The van der Waals surface area contributed by atoms with Gasteiger partial charge in [-0.25, -0.2) is 4.68 Å². The first-order chi connectivity index (χ1) is 9.22. The summed E-state index contributed by atoms with van der Waals surface area (Å²) in [7, 11) is 0. The van der Waals surface area contributed by atoms with E-state index in [1.54, 1.807) is 6.20 Å². The zero-order chi connectivity index (χ0) is 13.7. The topological polar surface area (TPSA) is 50.2 Å². The first-order valence-corrected chi connectivity index (χ1v) is 7.32. The fourth-order valence-corrected chi connectivity index (χ4v) is 2.53. The van der Waals surface area contributed by atoms with E-state index in [0.717, 1.165) is 19.5 Å². The highest BCUT2D eigenvalue weighted by Crippen LogP contribution is 2.15. The van der Waals surface area contributed by atoms with E-state index in [1.807, 2.05) is 6.92 Å². The van der Waals surface area contributed by atoms with Crippen LogP contribution in [0.15, 0.2) is 11.0 Å². The van der Waals surface area contributed by atoms with E-state index in [1.165, 1.54) is 30.6 Å². The molecule has 1 N–H and O–H groups in total. The molecular weight excluding hydrogens is 264 g/mol. The number of aryl methyl sites for hydroxylation is 1. The standard InChI is InChI=1S/C13H21ClN4O/c1-2-6-18-13(19)12(14)11(10-16-18)15-5-9-17-7-3-4-8-17/h10,15H,2-9H2,1H3. The first kappa shape index (κ1) is 14.3. The van der Waals surface area contributed by atoms with Crippen LogP contribution in [0.5, 0.6) is 0 Å². The second-order valence-corrected chi connectivity index (χ2v) is 5.25. The highest BCUT2D eigenvalue weighted by molar-refractivity contribution is 6.32. The number of nitrogens with one attached hydrogen (secondary N) is 1. The summed E-state index contributed by atoms with van der Waals surface area (Å²) in [4.78, 5) is 14.3. The fourth-order valence-electron chi connectivity index (χ4n) is 2.31. The van der Waals surface area contributed by atoms with Gasteiger partial charge in [-0.3, -0.25) is 4.79 Å². The summed E-state index contributed by atoms with van der Waals surface area (Å²) in [5.41, 5.74) is 0.424. The summed E-state index contributed by atoms with van der Waals surface area (Å²) in [5.74, 6) is 0. The Hall–Kier alpha value is -1.07. The van der Waals surface area contributed by atoms with Crippen LogP contribution in [0.1, 0.15) is 26.2 Å². The van der Waals surface area contributed by atoms with Crippen molar-refractivity contribution in [2.24, 2.45) is 0 Å². The molecular formula is C13H21ClN4O. The van der Waals surface area contributed by atoms with Crippen LogP contribution in [0.3, 0.4) is 0 Å². The van der Waals surface area contributed by atoms with Crippen molar-refractivity contribution in [3.8, 4) is 0 Å². The molecule has 106 valence electrons. The Kier molecular flexibility index (Phi) is 5.22. The van der Waals surface area contributed by atoms with Crippen molar-refractivity contribution in [1.82, 2.24) is 14.7 Å². The van der Waals surface area contributed by atoms with E-state index in [0.29, 0.717) is 12.2 Å². The number of anilines is 1. The Morgan fingerprint density at radius 2 is 2.11 bits per heavy atom. The minimum absolute atomic E-state index is 0.213. The maximum absolute atomic E-state index is 11.9. The van der Waals surface area contributed by atoms with Crippen molar-refractivity contribution in [1.29, 1.82) is 0 Å². The van der Waals surface area contributed by atoms with Gasteiger partial charge in [-0.1, -0.05) is 18.5 Å². The van der Waals surface area contributed by atoms with Gasteiger partial charge in [0, 0.05) is 19.6 Å². The van der Waals surface area contributed by atoms with Gasteiger partial charge in [0.25, 0.3) is 5.56 Å². The van der Waals surface area contributed by atoms with E-state index < -0.39 is 0 Å². The quantitative estimate of drug-likeness (QED) is 0.866. The van der Waals surface area contributed by atoms with E-state index in [-0.39, 0.29) is 10.6 Å². The van der Waals surface area contributed by atoms with Crippen LogP contribution in [0.25, 0.3) is 0 Å². The lowest BCUT2D eigenvalue weighted by atomic mass is 10.4. The van der Waals surface area contributed by atoms with Crippen LogP contribution < -0.4 is 10.9 Å². The van der Waals surface area contributed by atoms with E-state index >= 15 is 0 Å². The molecule has 0 amide bonds. The van der Waals surface area contributed by atoms with Crippen molar-refractivity contribution in [3.63, 3.8) is 0 Å². The molecule has 0 bridgehead atoms. The van der Waals surface area contributed by atoms with Gasteiger partial charge < -0.3 is 10.2 Å². The second-order valence-electron chi connectivity index (χ2n) is 4.88. The average Bonchev–Trinajstić information content (AvgIpc) is 2.91. The molecule has 0 unspecified atom stereocenters. The molecule has 0 aliphatic carbocycles. The zero-order valence-corrected chi connectivity index (χ0v) is 12.1. The summed E-state index contributed by atoms with van der Waals surface area (Å²) in [6.07, 6.45) is 5.08. The highest BCUT2D eigenvalue weighted by Gasteiger charge is 2.12. The Bertz CT molecular complexity index is 468. The van der Waals surface area contributed by atoms with Gasteiger partial charge in [-0.05, 0) is 32.4 Å². The summed E-state index contributed by atoms with van der Waals surface area (Å²) in [5, 5.41) is 7.56. The number of hydrogen-bond donors (Lipinski definition) is 1. The minimum Gasteiger partial charge on any atom is -0.381 e. The van der Waals surface area contributed by atoms with Crippen LogP contribution in [-0.2, 0) is 6.54 Å². The smallest absolute Gasteiger partial charge is 0.287 e. The number of aromatic nitrogens is 2. The maximum atomic E-state index is 11.9. The first-order valence-electron chi connectivity index (χ1n) is 6.94. The van der Waals surface area contributed by atoms with Crippen LogP contribution in [0.4, 0.5) is 5.69 Å². The highest BCUT2D eigenvalue weighted by atomic mass is 35.5. The zero-order valence-electron chi connectivity index (χ0n) is 11.4. The minimum atomic E-state index is -0.213. The molecule has 2 heterocycles. The molecule has 2 rings (SSSR count). The van der Waals surface area contributed by atoms with Crippen LogP contribution in [0, 0.1) is 0 Å². The third-order valence-corrected chi connectivity index (χ3v) is 3.73. The molecule has 1 aromatic rings. The molecule has 6 heteroatoms. The van der Waals surface area contributed by atoms with E-state index in [9.17, 15) is 4.79 Å². The molecule has 1 fully saturated rings. The molecule has 5 nitrogen and oxygen atoms in total.